The van der Waals surface area contributed by atoms with Crippen LogP contribution in [-0.2, 0) is 17.9 Å². The van der Waals surface area contributed by atoms with Crippen molar-refractivity contribution < 1.29 is 4.79 Å². The molecule has 0 saturated heterocycles. The molecule has 1 unspecified atom stereocenters. The van der Waals surface area contributed by atoms with Gasteiger partial charge in [0.2, 0.25) is 5.91 Å². The first-order valence-electron chi connectivity index (χ1n) is 8.36. The number of hydrogen-bond donors (Lipinski definition) is 0. The molecule has 0 aliphatic rings. The Morgan fingerprint density at radius 2 is 1.92 bits per heavy atom. The second kappa shape index (κ2) is 7.75. The third-order valence-electron chi connectivity index (χ3n) is 4.34. The molecule has 0 fully saturated rings. The summed E-state index contributed by atoms with van der Waals surface area (Å²) < 4.78 is 1.83. The Hall–Kier alpha value is -2.95. The first kappa shape index (κ1) is 16.9. The SMILES string of the molecule is Cc1ccccc1CN(Cc1ccccn1)C(=O)C(C)n1ccnc1. The van der Waals surface area contributed by atoms with Gasteiger partial charge in [0.15, 0.2) is 0 Å². The molecule has 2 heterocycles. The van der Waals surface area contributed by atoms with Gasteiger partial charge in [0, 0.05) is 25.1 Å². The molecule has 0 bridgehead atoms. The van der Waals surface area contributed by atoms with Gasteiger partial charge >= 0.3 is 0 Å². The summed E-state index contributed by atoms with van der Waals surface area (Å²) in [5.41, 5.74) is 3.20. The van der Waals surface area contributed by atoms with Crippen molar-refractivity contribution in [3.8, 4) is 0 Å². The maximum atomic E-state index is 13.1. The van der Waals surface area contributed by atoms with E-state index < -0.39 is 0 Å². The van der Waals surface area contributed by atoms with E-state index in [0.717, 1.165) is 11.3 Å². The molecule has 0 N–H and O–H groups in total. The van der Waals surface area contributed by atoms with Crippen molar-refractivity contribution in [3.63, 3.8) is 0 Å². The maximum Gasteiger partial charge on any atom is 0.246 e. The van der Waals surface area contributed by atoms with Crippen LogP contribution in [0.2, 0.25) is 0 Å². The normalized spacial score (nSPS) is 11.9. The molecule has 3 aromatic rings. The monoisotopic (exact) mass is 334 g/mol. The van der Waals surface area contributed by atoms with Crippen molar-refractivity contribution in [2.45, 2.75) is 33.0 Å². The minimum Gasteiger partial charge on any atom is -0.331 e. The van der Waals surface area contributed by atoms with Crippen LogP contribution in [0.15, 0.2) is 67.4 Å². The second-order valence-corrected chi connectivity index (χ2v) is 6.13. The van der Waals surface area contributed by atoms with E-state index in [1.165, 1.54) is 5.56 Å². The summed E-state index contributed by atoms with van der Waals surface area (Å²) in [4.78, 5) is 23.4. The molecule has 0 spiro atoms. The van der Waals surface area contributed by atoms with Gasteiger partial charge in [0.1, 0.15) is 6.04 Å². The highest BCUT2D eigenvalue weighted by atomic mass is 16.2. The van der Waals surface area contributed by atoms with Crippen LogP contribution in [0.5, 0.6) is 0 Å². The number of amides is 1. The van der Waals surface area contributed by atoms with E-state index in [1.807, 2.05) is 52.9 Å². The lowest BCUT2D eigenvalue weighted by Crippen LogP contribution is -2.35. The minimum absolute atomic E-state index is 0.0481. The van der Waals surface area contributed by atoms with Crippen LogP contribution in [0.3, 0.4) is 0 Å². The van der Waals surface area contributed by atoms with Crippen molar-refractivity contribution in [3.05, 3.63) is 84.2 Å². The maximum absolute atomic E-state index is 13.1. The molecule has 1 amide bonds. The van der Waals surface area contributed by atoms with E-state index in [2.05, 4.69) is 29.0 Å². The Morgan fingerprint density at radius 3 is 2.60 bits per heavy atom. The third-order valence-corrected chi connectivity index (χ3v) is 4.34. The predicted octanol–water partition coefficient (Wildman–Crippen LogP) is 3.38. The van der Waals surface area contributed by atoms with Gasteiger partial charge < -0.3 is 9.47 Å². The molecule has 128 valence electrons. The lowest BCUT2D eigenvalue weighted by Gasteiger charge is -2.27. The summed E-state index contributed by atoms with van der Waals surface area (Å²) in [6.07, 6.45) is 6.93. The fraction of sp³-hybridized carbons (Fsp3) is 0.250. The molecule has 5 heteroatoms. The minimum atomic E-state index is -0.310. The molecule has 0 aliphatic carbocycles. The highest BCUT2D eigenvalue weighted by Crippen LogP contribution is 2.17. The van der Waals surface area contributed by atoms with Gasteiger partial charge in [-0.05, 0) is 37.1 Å². The van der Waals surface area contributed by atoms with Gasteiger partial charge in [0.25, 0.3) is 0 Å². The van der Waals surface area contributed by atoms with Gasteiger partial charge in [-0.15, -0.1) is 0 Å². The smallest absolute Gasteiger partial charge is 0.246 e. The fourth-order valence-corrected chi connectivity index (χ4v) is 2.78. The van der Waals surface area contributed by atoms with Crippen LogP contribution in [0.4, 0.5) is 0 Å². The zero-order chi connectivity index (χ0) is 17.6. The number of hydrogen-bond acceptors (Lipinski definition) is 3. The highest BCUT2D eigenvalue weighted by Gasteiger charge is 2.22. The zero-order valence-corrected chi connectivity index (χ0v) is 14.5. The molecule has 5 nitrogen and oxygen atoms in total. The van der Waals surface area contributed by atoms with Crippen molar-refractivity contribution >= 4 is 5.91 Å². The standard InChI is InChI=1S/C20H22N4O/c1-16-7-3-4-8-18(16)13-24(14-19-9-5-6-10-22-19)20(25)17(2)23-12-11-21-15-23/h3-12,15,17H,13-14H2,1-2H3. The number of nitrogens with zero attached hydrogens (tertiary/aromatic N) is 4. The summed E-state index contributed by atoms with van der Waals surface area (Å²) in [5, 5.41) is 0. The first-order chi connectivity index (χ1) is 12.1. The molecule has 0 saturated carbocycles. The quantitative estimate of drug-likeness (QED) is 0.694. The van der Waals surface area contributed by atoms with E-state index >= 15 is 0 Å². The third kappa shape index (κ3) is 4.12. The number of rotatable bonds is 6. The first-order valence-corrected chi connectivity index (χ1v) is 8.36. The largest absolute Gasteiger partial charge is 0.331 e. The van der Waals surface area contributed by atoms with Crippen LogP contribution < -0.4 is 0 Å². The Morgan fingerprint density at radius 1 is 1.12 bits per heavy atom. The number of pyridine rings is 1. The van der Waals surface area contributed by atoms with Crippen LogP contribution in [0.1, 0.15) is 29.8 Å². The molecule has 2 aromatic heterocycles. The number of aromatic nitrogens is 3. The van der Waals surface area contributed by atoms with Crippen LogP contribution in [0.25, 0.3) is 0 Å². The highest BCUT2D eigenvalue weighted by molar-refractivity contribution is 5.80. The Bertz CT molecular complexity index is 815. The molecule has 0 radical (unpaired) electrons. The number of carbonyl (C=O) groups is 1. The average molecular weight is 334 g/mol. The molecule has 25 heavy (non-hydrogen) atoms. The van der Waals surface area contributed by atoms with Crippen molar-refractivity contribution in [2.24, 2.45) is 0 Å². The number of imidazole rings is 1. The topological polar surface area (TPSA) is 51.0 Å². The van der Waals surface area contributed by atoms with Crippen molar-refractivity contribution in [1.29, 1.82) is 0 Å². The van der Waals surface area contributed by atoms with Crippen molar-refractivity contribution in [1.82, 2.24) is 19.4 Å². The van der Waals surface area contributed by atoms with Gasteiger partial charge in [-0.25, -0.2) is 4.98 Å². The van der Waals surface area contributed by atoms with E-state index in [0.29, 0.717) is 13.1 Å². The summed E-state index contributed by atoms with van der Waals surface area (Å²) in [6.45, 7) is 5.00. The van der Waals surface area contributed by atoms with Gasteiger partial charge in [0.05, 0.1) is 18.6 Å². The Balaban J connectivity index is 1.85. The van der Waals surface area contributed by atoms with Crippen molar-refractivity contribution in [2.75, 3.05) is 0 Å². The lowest BCUT2D eigenvalue weighted by atomic mass is 10.1. The van der Waals surface area contributed by atoms with Gasteiger partial charge in [-0.2, -0.15) is 0 Å². The van der Waals surface area contributed by atoms with E-state index in [-0.39, 0.29) is 11.9 Å². The summed E-state index contributed by atoms with van der Waals surface area (Å²) in [5.74, 6) is 0.0481. The fourth-order valence-electron chi connectivity index (χ4n) is 2.78. The predicted molar refractivity (Wildman–Crippen MR) is 96.6 cm³/mol. The Labute approximate surface area is 148 Å². The summed E-state index contributed by atoms with van der Waals surface area (Å²) in [6, 6.07) is 13.6. The zero-order valence-electron chi connectivity index (χ0n) is 14.5. The Kier molecular flexibility index (Phi) is 5.23. The van der Waals surface area contributed by atoms with Crippen LogP contribution >= 0.6 is 0 Å². The molecule has 3 rings (SSSR count). The van der Waals surface area contributed by atoms with Crippen LogP contribution in [-0.4, -0.2) is 25.3 Å². The van der Waals surface area contributed by atoms with E-state index in [1.54, 1.807) is 18.7 Å². The average Bonchev–Trinajstić information content (AvgIpc) is 3.17. The summed E-state index contributed by atoms with van der Waals surface area (Å²) in [7, 11) is 0. The molecule has 0 aliphatic heterocycles. The second-order valence-electron chi connectivity index (χ2n) is 6.13. The molecular weight excluding hydrogens is 312 g/mol. The molecule has 1 aromatic carbocycles. The molecule has 1 atom stereocenters. The van der Waals surface area contributed by atoms with Crippen LogP contribution in [0, 0.1) is 6.92 Å². The van der Waals surface area contributed by atoms with Gasteiger partial charge in [-0.3, -0.25) is 9.78 Å². The summed E-state index contributed by atoms with van der Waals surface area (Å²) >= 11 is 0. The lowest BCUT2D eigenvalue weighted by molar-refractivity contribution is -0.135. The molecular formula is C20H22N4O. The van der Waals surface area contributed by atoms with Gasteiger partial charge in [-0.1, -0.05) is 30.3 Å². The number of carbonyl (C=O) groups excluding carboxylic acids is 1. The number of benzene rings is 1. The van der Waals surface area contributed by atoms with E-state index in [4.69, 9.17) is 0 Å². The number of aryl methyl sites for hydroxylation is 1. The van der Waals surface area contributed by atoms with E-state index in [9.17, 15) is 4.79 Å².